The monoisotopic (exact) mass is 604 g/mol. The number of methoxy groups -OCH3 is 1. The first-order valence-electron chi connectivity index (χ1n) is 14.9. The highest BCUT2D eigenvalue weighted by Gasteiger charge is 2.52. The molecule has 3 aromatic rings. The zero-order valence-electron chi connectivity index (χ0n) is 24.5. The number of Topliss-reactive ketones (excluding diaryl/α,β-unsaturated/α-hetero) is 1. The Bertz CT molecular complexity index is 1650. The number of morpholine rings is 1. The number of alkyl halides is 2. The number of benzene rings is 2. The van der Waals surface area contributed by atoms with Crippen LogP contribution < -0.4 is 10.1 Å². The van der Waals surface area contributed by atoms with E-state index in [0.717, 1.165) is 11.1 Å². The van der Waals surface area contributed by atoms with Crippen molar-refractivity contribution >= 4 is 28.6 Å². The Morgan fingerprint density at radius 1 is 0.977 bits per heavy atom. The van der Waals surface area contributed by atoms with Gasteiger partial charge in [0.05, 0.1) is 31.4 Å². The number of nitrogens with one attached hydrogen (secondary N) is 1. The standard InChI is InChI=1S/C34H34F2N2O6/c1-3-32(8-9-32)21-29(39)33(10-12-34(35,36)13-11-33)37-30(40)28-20-24-5-4-22(18-26(24)44-28)23-6-7-25(27(19-23)42-2)31(41)38-14-16-43-17-15-38/h1,4-7,18-20H,8-17,21H2,2H3,(H,37,40). The van der Waals surface area contributed by atoms with Gasteiger partial charge in [-0.05, 0) is 61.1 Å². The van der Waals surface area contributed by atoms with Gasteiger partial charge in [0.15, 0.2) is 11.5 Å². The second-order valence-electron chi connectivity index (χ2n) is 12.1. The van der Waals surface area contributed by atoms with Crippen LogP contribution in [-0.2, 0) is 9.53 Å². The number of terminal acetylenes is 1. The molecule has 2 saturated carbocycles. The van der Waals surface area contributed by atoms with Gasteiger partial charge in [0.2, 0.25) is 5.92 Å². The smallest absolute Gasteiger partial charge is 0.287 e. The van der Waals surface area contributed by atoms with Gasteiger partial charge in [-0.2, -0.15) is 0 Å². The molecule has 2 heterocycles. The second kappa shape index (κ2) is 11.4. The van der Waals surface area contributed by atoms with Crippen molar-refractivity contribution in [1.82, 2.24) is 10.2 Å². The Balaban J connectivity index is 1.23. The minimum Gasteiger partial charge on any atom is -0.496 e. The van der Waals surface area contributed by atoms with E-state index in [1.165, 1.54) is 7.11 Å². The number of hydrogen-bond acceptors (Lipinski definition) is 6. The first-order chi connectivity index (χ1) is 21.1. The largest absolute Gasteiger partial charge is 0.496 e. The molecular formula is C34H34F2N2O6. The van der Waals surface area contributed by atoms with E-state index in [2.05, 4.69) is 11.2 Å². The summed E-state index contributed by atoms with van der Waals surface area (Å²) in [6.07, 6.45) is 5.79. The van der Waals surface area contributed by atoms with Gasteiger partial charge >= 0.3 is 0 Å². The predicted molar refractivity (Wildman–Crippen MR) is 159 cm³/mol. The van der Waals surface area contributed by atoms with E-state index >= 15 is 0 Å². The third-order valence-corrected chi connectivity index (χ3v) is 9.19. The summed E-state index contributed by atoms with van der Waals surface area (Å²) in [5, 5.41) is 3.44. The zero-order valence-corrected chi connectivity index (χ0v) is 24.5. The van der Waals surface area contributed by atoms with Gasteiger partial charge in [-0.15, -0.1) is 6.42 Å². The maximum atomic E-state index is 14.1. The molecular weight excluding hydrogens is 570 g/mol. The summed E-state index contributed by atoms with van der Waals surface area (Å²) in [4.78, 5) is 41.7. The molecule has 0 unspecified atom stereocenters. The van der Waals surface area contributed by atoms with E-state index in [9.17, 15) is 23.2 Å². The van der Waals surface area contributed by atoms with E-state index in [0.29, 0.717) is 61.4 Å². The molecule has 8 nitrogen and oxygen atoms in total. The summed E-state index contributed by atoms with van der Waals surface area (Å²) in [5.41, 5.74) is 0.468. The summed E-state index contributed by atoms with van der Waals surface area (Å²) in [7, 11) is 1.51. The number of fused-ring (bicyclic) bond motifs is 1. The lowest BCUT2D eigenvalue weighted by molar-refractivity contribution is -0.131. The SMILES string of the molecule is C#CC1(CC(=O)C2(NC(=O)c3cc4ccc(-c5ccc(C(=O)N6CCOCC6)c(OC)c5)cc4o3)CCC(F)(F)CC2)CC1. The molecule has 0 radical (unpaired) electrons. The minimum atomic E-state index is -2.88. The Kier molecular flexibility index (Phi) is 7.70. The van der Waals surface area contributed by atoms with Crippen LogP contribution in [0.4, 0.5) is 8.78 Å². The number of carbonyl (C=O) groups is 3. The van der Waals surface area contributed by atoms with Crippen LogP contribution in [0.1, 0.15) is 65.9 Å². The summed E-state index contributed by atoms with van der Waals surface area (Å²) in [6.45, 7) is 2.02. The second-order valence-corrected chi connectivity index (χ2v) is 12.1. The van der Waals surface area contributed by atoms with Crippen molar-refractivity contribution in [3.05, 3.63) is 53.8 Å². The molecule has 1 N–H and O–H groups in total. The van der Waals surface area contributed by atoms with Crippen molar-refractivity contribution in [2.45, 2.75) is 56.4 Å². The number of carbonyl (C=O) groups excluding carboxylic acids is 3. The van der Waals surface area contributed by atoms with Crippen molar-refractivity contribution in [3.63, 3.8) is 0 Å². The molecule has 0 atom stereocenters. The van der Waals surface area contributed by atoms with Crippen LogP contribution in [0.3, 0.4) is 0 Å². The number of hydrogen-bond donors (Lipinski definition) is 1. The highest BCUT2D eigenvalue weighted by Crippen LogP contribution is 2.50. The number of ketones is 1. The molecule has 0 bridgehead atoms. The van der Waals surface area contributed by atoms with Crippen molar-refractivity contribution in [1.29, 1.82) is 0 Å². The average Bonchev–Trinajstić information content (AvgIpc) is 3.68. The lowest BCUT2D eigenvalue weighted by Gasteiger charge is -2.39. The van der Waals surface area contributed by atoms with Crippen molar-refractivity contribution in [2.75, 3.05) is 33.4 Å². The van der Waals surface area contributed by atoms with Crippen LogP contribution in [0.25, 0.3) is 22.1 Å². The molecule has 230 valence electrons. The fraction of sp³-hybridized carbons (Fsp3) is 0.441. The van der Waals surface area contributed by atoms with Crippen molar-refractivity contribution in [3.8, 4) is 29.2 Å². The number of amides is 2. The molecule has 3 aliphatic rings. The molecule has 2 amide bonds. The van der Waals surface area contributed by atoms with E-state index in [-0.39, 0.29) is 36.7 Å². The molecule has 2 aromatic carbocycles. The molecule has 10 heteroatoms. The molecule has 44 heavy (non-hydrogen) atoms. The van der Waals surface area contributed by atoms with Crippen molar-refractivity contribution < 1.29 is 37.1 Å². The third kappa shape index (κ3) is 5.81. The van der Waals surface area contributed by atoms with Crippen LogP contribution in [-0.4, -0.2) is 67.4 Å². The number of ether oxygens (including phenoxy) is 2. The van der Waals surface area contributed by atoms with Crippen LogP contribution in [0, 0.1) is 17.8 Å². The summed E-state index contributed by atoms with van der Waals surface area (Å²) in [5.74, 6) is -0.869. The Morgan fingerprint density at radius 3 is 2.32 bits per heavy atom. The number of halogens is 2. The van der Waals surface area contributed by atoms with Crippen LogP contribution in [0.15, 0.2) is 46.9 Å². The molecule has 1 aromatic heterocycles. The number of furan rings is 1. The topological polar surface area (TPSA) is 98.1 Å². The first kappa shape index (κ1) is 29.8. The Morgan fingerprint density at radius 2 is 1.66 bits per heavy atom. The van der Waals surface area contributed by atoms with Crippen LogP contribution in [0.5, 0.6) is 5.75 Å². The van der Waals surface area contributed by atoms with E-state index in [1.807, 2.05) is 12.1 Å². The third-order valence-electron chi connectivity index (χ3n) is 9.19. The van der Waals surface area contributed by atoms with Gasteiger partial charge in [-0.1, -0.05) is 24.1 Å². The molecule has 3 fully saturated rings. The van der Waals surface area contributed by atoms with Gasteiger partial charge in [-0.25, -0.2) is 8.78 Å². The molecule has 2 aliphatic carbocycles. The maximum Gasteiger partial charge on any atom is 0.287 e. The van der Waals surface area contributed by atoms with Crippen LogP contribution >= 0.6 is 0 Å². The Labute approximate surface area is 254 Å². The molecule has 6 rings (SSSR count). The van der Waals surface area contributed by atoms with Gasteiger partial charge < -0.3 is 24.1 Å². The molecule has 1 saturated heterocycles. The average molecular weight is 605 g/mol. The fourth-order valence-corrected chi connectivity index (χ4v) is 6.10. The maximum absolute atomic E-state index is 14.1. The fourth-order valence-electron chi connectivity index (χ4n) is 6.10. The van der Waals surface area contributed by atoms with Gasteiger partial charge in [-0.3, -0.25) is 14.4 Å². The van der Waals surface area contributed by atoms with Gasteiger partial charge in [0, 0.05) is 43.2 Å². The van der Waals surface area contributed by atoms with Crippen molar-refractivity contribution in [2.24, 2.45) is 5.41 Å². The summed E-state index contributed by atoms with van der Waals surface area (Å²) in [6, 6.07) is 12.3. The van der Waals surface area contributed by atoms with E-state index < -0.39 is 35.6 Å². The lowest BCUT2D eigenvalue weighted by Crippen LogP contribution is -2.58. The van der Waals surface area contributed by atoms with Gasteiger partial charge in [0.1, 0.15) is 11.3 Å². The molecule has 0 spiro atoms. The van der Waals surface area contributed by atoms with E-state index in [1.54, 1.807) is 35.2 Å². The highest BCUT2D eigenvalue weighted by molar-refractivity contribution is 6.01. The summed E-state index contributed by atoms with van der Waals surface area (Å²) >= 11 is 0. The lowest BCUT2D eigenvalue weighted by atomic mass is 9.74. The highest BCUT2D eigenvalue weighted by atomic mass is 19.3. The first-order valence-corrected chi connectivity index (χ1v) is 14.9. The summed E-state index contributed by atoms with van der Waals surface area (Å²) < 4.78 is 45.0. The van der Waals surface area contributed by atoms with Gasteiger partial charge in [0.25, 0.3) is 11.8 Å². The van der Waals surface area contributed by atoms with Crippen LogP contribution in [0.2, 0.25) is 0 Å². The Hall–Kier alpha value is -4.23. The zero-order chi connectivity index (χ0) is 31.1. The number of rotatable bonds is 8. The normalized spacial score (nSPS) is 20.0. The number of nitrogens with zero attached hydrogens (tertiary/aromatic N) is 1. The minimum absolute atomic E-state index is 0.0243. The predicted octanol–water partition coefficient (Wildman–Crippen LogP) is 5.63. The molecule has 1 aliphatic heterocycles. The van der Waals surface area contributed by atoms with E-state index in [4.69, 9.17) is 20.3 Å². The quantitative estimate of drug-likeness (QED) is 0.335.